The van der Waals surface area contributed by atoms with Crippen LogP contribution < -0.4 is 5.32 Å². The lowest BCUT2D eigenvalue weighted by atomic mass is 10.2. The summed E-state index contributed by atoms with van der Waals surface area (Å²) in [6.07, 6.45) is 8.04. The summed E-state index contributed by atoms with van der Waals surface area (Å²) >= 11 is 0. The first-order valence-electron chi connectivity index (χ1n) is 7.36. The van der Waals surface area contributed by atoms with Crippen LogP contribution in [-0.2, 0) is 6.42 Å². The second-order valence-corrected chi connectivity index (χ2v) is 5.33. The monoisotopic (exact) mass is 268 g/mol. The molecule has 20 heavy (non-hydrogen) atoms. The number of nitrogens with zero attached hydrogens (tertiary/aromatic N) is 3. The molecule has 0 aliphatic heterocycles. The number of hydrogen-bond acceptors (Lipinski definition) is 4. The molecule has 0 unspecified atom stereocenters. The molecule has 2 aromatic heterocycles. The third kappa shape index (κ3) is 3.32. The van der Waals surface area contributed by atoms with Crippen LogP contribution in [0.25, 0.3) is 0 Å². The van der Waals surface area contributed by atoms with Crippen molar-refractivity contribution in [2.75, 3.05) is 11.9 Å². The van der Waals surface area contributed by atoms with Crippen LogP contribution in [0.4, 0.5) is 5.82 Å². The van der Waals surface area contributed by atoms with Crippen molar-refractivity contribution in [2.24, 2.45) is 0 Å². The Kier molecular flexibility index (Phi) is 3.90. The quantitative estimate of drug-likeness (QED) is 0.874. The molecule has 104 valence electrons. The van der Waals surface area contributed by atoms with Gasteiger partial charge in [0.2, 0.25) is 0 Å². The maximum absolute atomic E-state index is 4.72. The summed E-state index contributed by atoms with van der Waals surface area (Å²) in [7, 11) is 0. The van der Waals surface area contributed by atoms with E-state index in [0.29, 0.717) is 5.92 Å². The van der Waals surface area contributed by atoms with Gasteiger partial charge in [0.15, 0.2) is 0 Å². The first-order valence-corrected chi connectivity index (χ1v) is 7.36. The van der Waals surface area contributed by atoms with Gasteiger partial charge in [-0.25, -0.2) is 9.97 Å². The zero-order valence-electron chi connectivity index (χ0n) is 11.8. The van der Waals surface area contributed by atoms with Crippen LogP contribution in [0.2, 0.25) is 0 Å². The van der Waals surface area contributed by atoms with Gasteiger partial charge in [0.25, 0.3) is 0 Å². The standard InChI is InChI=1S/C16H20N4/c1-2-7-18-15-10-14(13-5-6-13)19-16(20-15)9-12-4-3-8-17-11-12/h3-4,8,10-11,13H,2,5-7,9H2,1H3,(H,18,19,20). The Bertz CT molecular complexity index is 564. The van der Waals surface area contributed by atoms with E-state index in [1.807, 2.05) is 12.3 Å². The minimum atomic E-state index is 0.646. The van der Waals surface area contributed by atoms with Gasteiger partial charge in [0.1, 0.15) is 11.6 Å². The average molecular weight is 268 g/mol. The fourth-order valence-electron chi connectivity index (χ4n) is 2.21. The minimum absolute atomic E-state index is 0.646. The van der Waals surface area contributed by atoms with Crippen LogP contribution in [0.3, 0.4) is 0 Å². The van der Waals surface area contributed by atoms with Crippen molar-refractivity contribution in [1.29, 1.82) is 0 Å². The molecule has 3 rings (SSSR count). The number of hydrogen-bond donors (Lipinski definition) is 1. The Hall–Kier alpha value is -1.97. The maximum atomic E-state index is 4.72. The summed E-state index contributed by atoms with van der Waals surface area (Å²) in [5.41, 5.74) is 2.35. The fraction of sp³-hybridized carbons (Fsp3) is 0.438. The van der Waals surface area contributed by atoms with Crippen molar-refractivity contribution in [1.82, 2.24) is 15.0 Å². The van der Waals surface area contributed by atoms with Gasteiger partial charge in [-0.1, -0.05) is 13.0 Å². The molecule has 1 saturated carbocycles. The topological polar surface area (TPSA) is 50.7 Å². The fourth-order valence-corrected chi connectivity index (χ4v) is 2.21. The van der Waals surface area contributed by atoms with Gasteiger partial charge < -0.3 is 5.32 Å². The Labute approximate surface area is 119 Å². The van der Waals surface area contributed by atoms with Crippen LogP contribution in [0.1, 0.15) is 49.2 Å². The van der Waals surface area contributed by atoms with Crippen molar-refractivity contribution in [3.05, 3.63) is 47.7 Å². The third-order valence-corrected chi connectivity index (χ3v) is 3.43. The van der Waals surface area contributed by atoms with Crippen LogP contribution in [-0.4, -0.2) is 21.5 Å². The molecule has 0 spiro atoms. The summed E-state index contributed by atoms with van der Waals surface area (Å²) in [4.78, 5) is 13.5. The molecule has 2 heterocycles. The summed E-state index contributed by atoms with van der Waals surface area (Å²) in [5.74, 6) is 2.50. The van der Waals surface area contributed by atoms with Crippen molar-refractivity contribution in [3.8, 4) is 0 Å². The van der Waals surface area contributed by atoms with E-state index in [2.05, 4.69) is 34.3 Å². The molecule has 1 aliphatic rings. The largest absolute Gasteiger partial charge is 0.370 e. The lowest BCUT2D eigenvalue weighted by Gasteiger charge is -2.09. The molecular formula is C16H20N4. The Morgan fingerprint density at radius 3 is 2.90 bits per heavy atom. The predicted molar refractivity (Wildman–Crippen MR) is 79.8 cm³/mol. The number of rotatable bonds is 6. The van der Waals surface area contributed by atoms with Crippen LogP contribution >= 0.6 is 0 Å². The molecule has 2 aromatic rings. The molecule has 1 N–H and O–H groups in total. The van der Waals surface area contributed by atoms with Gasteiger partial charge in [-0.3, -0.25) is 4.98 Å². The second-order valence-electron chi connectivity index (χ2n) is 5.33. The third-order valence-electron chi connectivity index (χ3n) is 3.43. The number of pyridine rings is 1. The average Bonchev–Trinajstić information content (AvgIpc) is 3.31. The number of anilines is 1. The lowest BCUT2D eigenvalue weighted by molar-refractivity contribution is 0.885. The lowest BCUT2D eigenvalue weighted by Crippen LogP contribution is -2.07. The van der Waals surface area contributed by atoms with Crippen LogP contribution in [0.5, 0.6) is 0 Å². The molecular weight excluding hydrogens is 248 g/mol. The predicted octanol–water partition coefficient (Wildman–Crippen LogP) is 3.16. The molecule has 4 heteroatoms. The SMILES string of the molecule is CCCNc1cc(C2CC2)nc(Cc2cccnc2)n1. The van der Waals surface area contributed by atoms with Crippen molar-refractivity contribution >= 4 is 5.82 Å². The van der Waals surface area contributed by atoms with Gasteiger partial charge >= 0.3 is 0 Å². The van der Waals surface area contributed by atoms with E-state index in [4.69, 9.17) is 4.98 Å². The second kappa shape index (κ2) is 5.99. The van der Waals surface area contributed by atoms with E-state index in [1.165, 1.54) is 18.5 Å². The van der Waals surface area contributed by atoms with E-state index < -0.39 is 0 Å². The van der Waals surface area contributed by atoms with Gasteiger partial charge in [-0.2, -0.15) is 0 Å². The highest BCUT2D eigenvalue weighted by Crippen LogP contribution is 2.39. The summed E-state index contributed by atoms with van der Waals surface area (Å²) in [6.45, 7) is 3.11. The molecule has 0 aromatic carbocycles. The van der Waals surface area contributed by atoms with Gasteiger partial charge in [-0.05, 0) is 30.9 Å². The molecule has 0 radical (unpaired) electrons. The highest BCUT2D eigenvalue weighted by Gasteiger charge is 2.26. The van der Waals surface area contributed by atoms with Crippen LogP contribution in [0, 0.1) is 0 Å². The van der Waals surface area contributed by atoms with E-state index in [-0.39, 0.29) is 0 Å². The highest BCUT2D eigenvalue weighted by atomic mass is 15.0. The molecule has 1 fully saturated rings. The van der Waals surface area contributed by atoms with Gasteiger partial charge in [0.05, 0.1) is 0 Å². The van der Waals surface area contributed by atoms with Crippen LogP contribution in [0.15, 0.2) is 30.6 Å². The Morgan fingerprint density at radius 2 is 2.20 bits per heavy atom. The van der Waals surface area contributed by atoms with E-state index >= 15 is 0 Å². The van der Waals surface area contributed by atoms with Crippen molar-refractivity contribution < 1.29 is 0 Å². The van der Waals surface area contributed by atoms with Gasteiger partial charge in [-0.15, -0.1) is 0 Å². The zero-order chi connectivity index (χ0) is 13.8. The molecule has 0 saturated heterocycles. The first kappa shape index (κ1) is 13.0. The van der Waals surface area contributed by atoms with Crippen molar-refractivity contribution in [2.45, 2.75) is 38.5 Å². The molecule has 0 atom stereocenters. The smallest absolute Gasteiger partial charge is 0.135 e. The number of aromatic nitrogens is 3. The van der Waals surface area contributed by atoms with E-state index in [1.54, 1.807) is 6.20 Å². The summed E-state index contributed by atoms with van der Waals surface area (Å²) in [6, 6.07) is 6.13. The maximum Gasteiger partial charge on any atom is 0.135 e. The molecule has 0 amide bonds. The van der Waals surface area contributed by atoms with Crippen molar-refractivity contribution in [3.63, 3.8) is 0 Å². The normalized spacial score (nSPS) is 14.2. The molecule has 0 bridgehead atoms. The Morgan fingerprint density at radius 1 is 1.30 bits per heavy atom. The van der Waals surface area contributed by atoms with E-state index in [0.717, 1.165) is 36.6 Å². The summed E-state index contributed by atoms with van der Waals surface area (Å²) < 4.78 is 0. The number of nitrogens with one attached hydrogen (secondary N) is 1. The highest BCUT2D eigenvalue weighted by molar-refractivity contribution is 5.38. The summed E-state index contributed by atoms with van der Waals surface area (Å²) in [5, 5.41) is 3.38. The Balaban J connectivity index is 1.83. The molecule has 4 nitrogen and oxygen atoms in total. The zero-order valence-corrected chi connectivity index (χ0v) is 11.8. The van der Waals surface area contributed by atoms with E-state index in [9.17, 15) is 0 Å². The minimum Gasteiger partial charge on any atom is -0.370 e. The van der Waals surface area contributed by atoms with Gasteiger partial charge in [0, 0.05) is 43.0 Å². The first-order chi connectivity index (χ1) is 9.85. The molecule has 1 aliphatic carbocycles.